The van der Waals surface area contributed by atoms with E-state index in [9.17, 15) is 9.50 Å². The zero-order chi connectivity index (χ0) is 16.4. The first-order chi connectivity index (χ1) is 10.3. The van der Waals surface area contributed by atoms with Crippen molar-refractivity contribution in [2.45, 2.75) is 52.2 Å². The lowest BCUT2D eigenvalue weighted by atomic mass is 9.70. The van der Waals surface area contributed by atoms with Crippen molar-refractivity contribution in [3.63, 3.8) is 0 Å². The largest absolute Gasteiger partial charge is 0.389 e. The van der Waals surface area contributed by atoms with Gasteiger partial charge in [0.1, 0.15) is 5.82 Å². The lowest BCUT2D eigenvalue weighted by Crippen LogP contribution is -2.53. The molecule has 0 spiro atoms. The lowest BCUT2D eigenvalue weighted by Gasteiger charge is -2.45. The average molecular weight is 309 g/mol. The molecule has 1 heterocycles. The number of aliphatic hydroxyl groups is 1. The van der Waals surface area contributed by atoms with Crippen LogP contribution < -0.4 is 5.32 Å². The minimum Gasteiger partial charge on any atom is -0.389 e. The fraction of sp³-hybridized carbons (Fsp3) is 0.667. The molecule has 3 nitrogen and oxygen atoms in total. The molecule has 1 aromatic rings. The van der Waals surface area contributed by atoms with Crippen molar-refractivity contribution in [2.75, 3.05) is 19.8 Å². The van der Waals surface area contributed by atoms with E-state index in [1.54, 1.807) is 19.1 Å². The van der Waals surface area contributed by atoms with Gasteiger partial charge in [-0.2, -0.15) is 0 Å². The summed E-state index contributed by atoms with van der Waals surface area (Å²) in [6.07, 6.45) is 1.32. The Morgan fingerprint density at radius 1 is 1.36 bits per heavy atom. The zero-order valence-electron chi connectivity index (χ0n) is 14.1. The highest BCUT2D eigenvalue weighted by atomic mass is 19.1. The van der Waals surface area contributed by atoms with Crippen LogP contribution in [0, 0.1) is 18.2 Å². The molecule has 1 unspecified atom stereocenters. The van der Waals surface area contributed by atoms with Crippen molar-refractivity contribution < 1.29 is 14.2 Å². The Morgan fingerprint density at radius 3 is 2.59 bits per heavy atom. The minimum atomic E-state index is -0.712. The fourth-order valence-electron chi connectivity index (χ4n) is 2.95. The smallest absolute Gasteiger partial charge is 0.126 e. The molecule has 2 rings (SSSR count). The fourth-order valence-corrected chi connectivity index (χ4v) is 2.95. The lowest BCUT2D eigenvalue weighted by molar-refractivity contribution is -0.131. The van der Waals surface area contributed by atoms with Gasteiger partial charge in [-0.1, -0.05) is 26.0 Å². The molecule has 0 aliphatic carbocycles. The van der Waals surface area contributed by atoms with Gasteiger partial charge in [0.05, 0.1) is 5.60 Å². The maximum atomic E-state index is 13.7. The Bertz CT molecular complexity index is 510. The Balaban J connectivity index is 1.99. The molecule has 1 aliphatic heterocycles. The third kappa shape index (κ3) is 3.67. The van der Waals surface area contributed by atoms with Crippen LogP contribution in [0.2, 0.25) is 0 Å². The summed E-state index contributed by atoms with van der Waals surface area (Å²) >= 11 is 0. The maximum absolute atomic E-state index is 13.7. The van der Waals surface area contributed by atoms with Crippen molar-refractivity contribution in [1.29, 1.82) is 0 Å². The van der Waals surface area contributed by atoms with Crippen molar-refractivity contribution in [2.24, 2.45) is 5.41 Å². The van der Waals surface area contributed by atoms with Crippen LogP contribution in [0.1, 0.15) is 50.8 Å². The molecule has 0 saturated carbocycles. The van der Waals surface area contributed by atoms with Crippen LogP contribution in [0.4, 0.5) is 4.39 Å². The van der Waals surface area contributed by atoms with Crippen LogP contribution in [0.5, 0.6) is 0 Å². The summed E-state index contributed by atoms with van der Waals surface area (Å²) in [6, 6.07) is 5.38. The molecule has 22 heavy (non-hydrogen) atoms. The first-order valence-electron chi connectivity index (χ1n) is 8.05. The maximum Gasteiger partial charge on any atom is 0.126 e. The topological polar surface area (TPSA) is 41.5 Å². The number of hydrogen-bond acceptors (Lipinski definition) is 3. The summed E-state index contributed by atoms with van der Waals surface area (Å²) in [6.45, 7) is 9.83. The average Bonchev–Trinajstić information content (AvgIpc) is 2.48. The first-order valence-corrected chi connectivity index (χ1v) is 8.05. The highest BCUT2D eigenvalue weighted by Crippen LogP contribution is 2.38. The second kappa shape index (κ2) is 6.65. The monoisotopic (exact) mass is 309 g/mol. The molecule has 2 N–H and O–H groups in total. The number of halogens is 1. The zero-order valence-corrected chi connectivity index (χ0v) is 14.1. The predicted molar refractivity (Wildman–Crippen MR) is 86.3 cm³/mol. The molecule has 0 bridgehead atoms. The highest BCUT2D eigenvalue weighted by molar-refractivity contribution is 5.25. The van der Waals surface area contributed by atoms with Gasteiger partial charge in [0.25, 0.3) is 0 Å². The molecule has 124 valence electrons. The van der Waals surface area contributed by atoms with Gasteiger partial charge in [-0.15, -0.1) is 0 Å². The summed E-state index contributed by atoms with van der Waals surface area (Å²) in [5.41, 5.74) is 0.607. The number of aryl methyl sites for hydroxylation is 1. The molecular weight excluding hydrogens is 281 g/mol. The molecule has 1 atom stereocenters. The van der Waals surface area contributed by atoms with Crippen LogP contribution in [-0.2, 0) is 4.74 Å². The van der Waals surface area contributed by atoms with Gasteiger partial charge in [0.2, 0.25) is 0 Å². The number of nitrogens with one attached hydrogen (secondary N) is 1. The Labute approximate surface area is 132 Å². The van der Waals surface area contributed by atoms with E-state index in [1.807, 2.05) is 13.0 Å². The molecular formula is C18H28FNO2. The minimum absolute atomic E-state index is 0.0396. The summed E-state index contributed by atoms with van der Waals surface area (Å²) in [4.78, 5) is 0. The first kappa shape index (κ1) is 17.4. The third-order valence-electron chi connectivity index (χ3n) is 5.13. The summed E-state index contributed by atoms with van der Waals surface area (Å²) < 4.78 is 19.0. The quantitative estimate of drug-likeness (QED) is 0.876. The van der Waals surface area contributed by atoms with Gasteiger partial charge >= 0.3 is 0 Å². The van der Waals surface area contributed by atoms with Crippen LogP contribution in [0.3, 0.4) is 0 Å². The standard InChI is InChI=1S/C18H28FNO2/c1-13-5-6-15(11-16(13)19)14(2)20-12-17(3,4)18(21)7-9-22-10-8-18/h5-6,11,14,20-21H,7-10,12H2,1-4H3. The van der Waals surface area contributed by atoms with Crippen molar-refractivity contribution >= 4 is 0 Å². The molecule has 1 aromatic carbocycles. The number of ether oxygens (including phenoxy) is 1. The van der Waals surface area contributed by atoms with E-state index < -0.39 is 5.60 Å². The van der Waals surface area contributed by atoms with E-state index in [0.717, 1.165) is 5.56 Å². The molecule has 1 saturated heterocycles. The number of rotatable bonds is 5. The van der Waals surface area contributed by atoms with Crippen molar-refractivity contribution in [1.82, 2.24) is 5.32 Å². The molecule has 0 radical (unpaired) electrons. The molecule has 4 heteroatoms. The van der Waals surface area contributed by atoms with Crippen molar-refractivity contribution in [3.8, 4) is 0 Å². The normalized spacial score (nSPS) is 19.9. The van der Waals surface area contributed by atoms with E-state index >= 15 is 0 Å². The molecule has 1 fully saturated rings. The van der Waals surface area contributed by atoms with Crippen LogP contribution >= 0.6 is 0 Å². The van der Waals surface area contributed by atoms with E-state index in [-0.39, 0.29) is 17.3 Å². The van der Waals surface area contributed by atoms with Gasteiger partial charge in [-0.3, -0.25) is 0 Å². The van der Waals surface area contributed by atoms with Crippen LogP contribution in [0.15, 0.2) is 18.2 Å². The molecule has 0 aromatic heterocycles. The van der Waals surface area contributed by atoms with Crippen LogP contribution in [-0.4, -0.2) is 30.5 Å². The summed E-state index contributed by atoms with van der Waals surface area (Å²) in [5.74, 6) is -0.173. The van der Waals surface area contributed by atoms with E-state index in [1.165, 1.54) is 0 Å². The highest BCUT2D eigenvalue weighted by Gasteiger charge is 2.44. The third-order valence-corrected chi connectivity index (χ3v) is 5.13. The van der Waals surface area contributed by atoms with Gasteiger partial charge < -0.3 is 15.2 Å². The summed E-state index contributed by atoms with van der Waals surface area (Å²) in [7, 11) is 0. The predicted octanol–water partition coefficient (Wildman–Crippen LogP) is 3.35. The molecule has 1 aliphatic rings. The Morgan fingerprint density at radius 2 is 2.00 bits per heavy atom. The Hall–Kier alpha value is -0.970. The van der Waals surface area contributed by atoms with Crippen molar-refractivity contribution in [3.05, 3.63) is 35.1 Å². The van der Waals surface area contributed by atoms with Gasteiger partial charge in [-0.05, 0) is 31.0 Å². The van der Waals surface area contributed by atoms with Gasteiger partial charge in [-0.25, -0.2) is 4.39 Å². The van der Waals surface area contributed by atoms with Gasteiger partial charge in [0.15, 0.2) is 0 Å². The second-order valence-electron chi connectivity index (χ2n) is 7.14. The number of benzene rings is 1. The SMILES string of the molecule is Cc1ccc(C(C)NCC(C)(C)C2(O)CCOCC2)cc1F. The van der Waals surface area contributed by atoms with Gasteiger partial charge in [0, 0.05) is 44.1 Å². The second-order valence-corrected chi connectivity index (χ2v) is 7.14. The van der Waals surface area contributed by atoms with E-state index in [2.05, 4.69) is 19.2 Å². The number of hydrogen-bond donors (Lipinski definition) is 2. The summed E-state index contributed by atoms with van der Waals surface area (Å²) in [5, 5.41) is 14.3. The van der Waals surface area contributed by atoms with E-state index in [0.29, 0.717) is 38.2 Å². The molecule has 0 amide bonds. The Kier molecular flexibility index (Phi) is 5.25. The van der Waals surface area contributed by atoms with E-state index in [4.69, 9.17) is 4.74 Å². The van der Waals surface area contributed by atoms with Crippen LogP contribution in [0.25, 0.3) is 0 Å².